The minimum atomic E-state index is -0.408. The van der Waals surface area contributed by atoms with E-state index >= 15 is 0 Å². The highest BCUT2D eigenvalue weighted by Crippen LogP contribution is 2.32. The predicted molar refractivity (Wildman–Crippen MR) is 122 cm³/mol. The van der Waals surface area contributed by atoms with E-state index in [2.05, 4.69) is 15.5 Å². The van der Waals surface area contributed by atoms with Gasteiger partial charge in [0.2, 0.25) is 5.91 Å². The number of hydrogen-bond donors (Lipinski definition) is 1. The van der Waals surface area contributed by atoms with Crippen molar-refractivity contribution in [1.82, 2.24) is 14.8 Å². The number of benzene rings is 3. The average molecular weight is 453 g/mol. The summed E-state index contributed by atoms with van der Waals surface area (Å²) in [6, 6.07) is 21.1. The van der Waals surface area contributed by atoms with Crippen LogP contribution in [0.4, 0.5) is 10.1 Å². The summed E-state index contributed by atoms with van der Waals surface area (Å²) in [6.45, 7) is 2.01. The Bertz CT molecular complexity index is 1230. The maximum atomic E-state index is 13.3. The van der Waals surface area contributed by atoms with Crippen molar-refractivity contribution in [3.63, 3.8) is 0 Å². The Morgan fingerprint density at radius 3 is 2.58 bits per heavy atom. The molecule has 0 saturated carbocycles. The standard InChI is InChI=1S/C23H18ClFN4OS/c1-15-9-11-18(12-10-15)29-22(19-7-2-3-8-20(19)24)27-28-23(29)31-14-21(30)26-17-6-4-5-16(25)13-17/h2-13H,14H2,1H3,(H,26,30). The van der Waals surface area contributed by atoms with Gasteiger partial charge in [0.05, 0.1) is 10.8 Å². The molecule has 156 valence electrons. The fourth-order valence-electron chi connectivity index (χ4n) is 3.00. The number of carbonyl (C=O) groups is 1. The van der Waals surface area contributed by atoms with Crippen molar-refractivity contribution in [2.24, 2.45) is 0 Å². The van der Waals surface area contributed by atoms with E-state index in [1.54, 1.807) is 18.2 Å². The molecule has 31 heavy (non-hydrogen) atoms. The van der Waals surface area contributed by atoms with Crippen LogP contribution in [0.25, 0.3) is 17.1 Å². The van der Waals surface area contributed by atoms with Gasteiger partial charge >= 0.3 is 0 Å². The van der Waals surface area contributed by atoms with Gasteiger partial charge in [-0.2, -0.15) is 0 Å². The van der Waals surface area contributed by atoms with Crippen LogP contribution >= 0.6 is 23.4 Å². The molecule has 0 saturated heterocycles. The Kier molecular flexibility index (Phi) is 6.34. The highest BCUT2D eigenvalue weighted by atomic mass is 35.5. The zero-order valence-electron chi connectivity index (χ0n) is 16.5. The first-order chi connectivity index (χ1) is 15.0. The highest BCUT2D eigenvalue weighted by molar-refractivity contribution is 7.99. The molecular formula is C23H18ClFN4OS. The minimum Gasteiger partial charge on any atom is -0.325 e. The van der Waals surface area contributed by atoms with E-state index in [9.17, 15) is 9.18 Å². The summed E-state index contributed by atoms with van der Waals surface area (Å²) in [4.78, 5) is 12.4. The molecule has 0 unspecified atom stereocenters. The minimum absolute atomic E-state index is 0.0863. The smallest absolute Gasteiger partial charge is 0.234 e. The molecule has 1 heterocycles. The van der Waals surface area contributed by atoms with E-state index in [1.165, 1.54) is 23.9 Å². The molecule has 0 aliphatic heterocycles. The molecule has 0 fully saturated rings. The van der Waals surface area contributed by atoms with Gasteiger partial charge in [-0.25, -0.2) is 4.39 Å². The molecule has 0 aliphatic rings. The van der Waals surface area contributed by atoms with Gasteiger partial charge in [-0.15, -0.1) is 10.2 Å². The van der Waals surface area contributed by atoms with Crippen LogP contribution in [-0.4, -0.2) is 26.4 Å². The number of amides is 1. The van der Waals surface area contributed by atoms with E-state index in [4.69, 9.17) is 11.6 Å². The van der Waals surface area contributed by atoms with Crippen molar-refractivity contribution in [3.8, 4) is 17.1 Å². The number of nitrogens with zero attached hydrogens (tertiary/aromatic N) is 3. The molecule has 1 aromatic heterocycles. The lowest BCUT2D eigenvalue weighted by Crippen LogP contribution is -2.14. The van der Waals surface area contributed by atoms with Crippen LogP contribution in [0.1, 0.15) is 5.56 Å². The zero-order chi connectivity index (χ0) is 21.8. The number of rotatable bonds is 6. The molecule has 4 aromatic rings. The van der Waals surface area contributed by atoms with Crippen molar-refractivity contribution in [2.45, 2.75) is 12.1 Å². The lowest BCUT2D eigenvalue weighted by Gasteiger charge is -2.11. The second-order valence-electron chi connectivity index (χ2n) is 6.80. The molecule has 1 N–H and O–H groups in total. The maximum Gasteiger partial charge on any atom is 0.234 e. The van der Waals surface area contributed by atoms with Gasteiger partial charge in [-0.3, -0.25) is 9.36 Å². The molecular weight excluding hydrogens is 435 g/mol. The highest BCUT2D eigenvalue weighted by Gasteiger charge is 2.19. The van der Waals surface area contributed by atoms with Crippen molar-refractivity contribution in [1.29, 1.82) is 0 Å². The quantitative estimate of drug-likeness (QED) is 0.377. The van der Waals surface area contributed by atoms with Gasteiger partial charge in [0.25, 0.3) is 0 Å². The number of halogens is 2. The zero-order valence-corrected chi connectivity index (χ0v) is 18.1. The van der Waals surface area contributed by atoms with E-state index in [1.807, 2.05) is 54.0 Å². The Morgan fingerprint density at radius 2 is 1.84 bits per heavy atom. The Labute approximate surface area is 188 Å². The third-order valence-corrected chi connectivity index (χ3v) is 5.74. The van der Waals surface area contributed by atoms with Gasteiger partial charge in [0, 0.05) is 16.9 Å². The van der Waals surface area contributed by atoms with E-state index in [-0.39, 0.29) is 11.7 Å². The van der Waals surface area contributed by atoms with Gasteiger partial charge in [-0.05, 0) is 49.4 Å². The fraction of sp³-hybridized carbons (Fsp3) is 0.0870. The number of nitrogens with one attached hydrogen (secondary N) is 1. The van der Waals surface area contributed by atoms with Gasteiger partial charge in [0.1, 0.15) is 5.82 Å². The molecule has 0 aliphatic carbocycles. The molecule has 5 nitrogen and oxygen atoms in total. The fourth-order valence-corrected chi connectivity index (χ4v) is 3.97. The van der Waals surface area contributed by atoms with Crippen LogP contribution in [0, 0.1) is 12.7 Å². The Balaban J connectivity index is 1.62. The average Bonchev–Trinajstić information content (AvgIpc) is 3.17. The monoisotopic (exact) mass is 452 g/mol. The van der Waals surface area contributed by atoms with E-state index in [0.29, 0.717) is 21.7 Å². The van der Waals surface area contributed by atoms with Gasteiger partial charge in [-0.1, -0.05) is 59.3 Å². The van der Waals surface area contributed by atoms with Crippen LogP contribution in [0.2, 0.25) is 5.02 Å². The third-order valence-electron chi connectivity index (χ3n) is 4.48. The first-order valence-corrected chi connectivity index (χ1v) is 10.8. The summed E-state index contributed by atoms with van der Waals surface area (Å²) >= 11 is 7.64. The molecule has 0 spiro atoms. The summed E-state index contributed by atoms with van der Waals surface area (Å²) in [6.07, 6.45) is 0. The van der Waals surface area contributed by atoms with Crippen LogP contribution in [0.15, 0.2) is 78.0 Å². The molecule has 1 amide bonds. The second kappa shape index (κ2) is 9.32. The maximum absolute atomic E-state index is 13.3. The van der Waals surface area contributed by atoms with Gasteiger partial charge < -0.3 is 5.32 Å². The van der Waals surface area contributed by atoms with Crippen molar-refractivity contribution in [3.05, 3.63) is 89.2 Å². The van der Waals surface area contributed by atoms with Crippen LogP contribution < -0.4 is 5.32 Å². The van der Waals surface area contributed by atoms with E-state index in [0.717, 1.165) is 16.8 Å². The van der Waals surface area contributed by atoms with Crippen LogP contribution in [0.3, 0.4) is 0 Å². The van der Waals surface area contributed by atoms with Crippen molar-refractivity contribution in [2.75, 3.05) is 11.1 Å². The molecule has 0 bridgehead atoms. The predicted octanol–water partition coefficient (Wildman–Crippen LogP) is 5.77. The summed E-state index contributed by atoms with van der Waals surface area (Å²) in [5.41, 5.74) is 3.13. The van der Waals surface area contributed by atoms with Gasteiger partial charge in [0.15, 0.2) is 11.0 Å². The summed E-state index contributed by atoms with van der Waals surface area (Å²) in [7, 11) is 0. The van der Waals surface area contributed by atoms with Crippen molar-refractivity contribution >= 4 is 35.0 Å². The molecule has 3 aromatic carbocycles. The van der Waals surface area contributed by atoms with E-state index < -0.39 is 5.82 Å². The largest absolute Gasteiger partial charge is 0.325 e. The number of hydrogen-bond acceptors (Lipinski definition) is 4. The SMILES string of the molecule is Cc1ccc(-n2c(SCC(=O)Nc3cccc(F)c3)nnc2-c2ccccc2Cl)cc1. The lowest BCUT2D eigenvalue weighted by molar-refractivity contribution is -0.113. The molecule has 0 atom stereocenters. The molecule has 8 heteroatoms. The number of anilines is 1. The number of carbonyl (C=O) groups excluding carboxylic acids is 1. The Morgan fingerprint density at radius 1 is 1.06 bits per heavy atom. The lowest BCUT2D eigenvalue weighted by atomic mass is 10.2. The third kappa shape index (κ3) is 4.95. The normalized spacial score (nSPS) is 10.8. The second-order valence-corrected chi connectivity index (χ2v) is 8.15. The number of aromatic nitrogens is 3. The number of thioether (sulfide) groups is 1. The van der Waals surface area contributed by atoms with Crippen LogP contribution in [0.5, 0.6) is 0 Å². The van der Waals surface area contributed by atoms with Crippen LogP contribution in [-0.2, 0) is 4.79 Å². The Hall–Kier alpha value is -3.16. The summed E-state index contributed by atoms with van der Waals surface area (Å²) in [5, 5.41) is 12.4. The topological polar surface area (TPSA) is 59.8 Å². The number of aryl methyl sites for hydroxylation is 1. The first kappa shape index (κ1) is 21.1. The molecule has 0 radical (unpaired) electrons. The summed E-state index contributed by atoms with van der Waals surface area (Å²) in [5.74, 6) is -0.00645. The summed E-state index contributed by atoms with van der Waals surface area (Å²) < 4.78 is 15.2. The molecule has 4 rings (SSSR count). The first-order valence-electron chi connectivity index (χ1n) is 9.47. The van der Waals surface area contributed by atoms with Crippen molar-refractivity contribution < 1.29 is 9.18 Å².